The van der Waals surface area contributed by atoms with Crippen LogP contribution in [0.3, 0.4) is 0 Å². The Labute approximate surface area is 192 Å². The molecule has 2 fully saturated rings. The van der Waals surface area contributed by atoms with Gasteiger partial charge in [-0.05, 0) is 64.5 Å². The maximum absolute atomic E-state index is 13.5. The highest BCUT2D eigenvalue weighted by Crippen LogP contribution is 2.45. The second-order valence-corrected chi connectivity index (χ2v) is 9.84. The molecule has 0 radical (unpaired) electrons. The molecule has 4 rings (SSSR count). The molecule has 0 unspecified atom stereocenters. The van der Waals surface area contributed by atoms with E-state index in [2.05, 4.69) is 0 Å². The van der Waals surface area contributed by atoms with Crippen molar-refractivity contribution in [2.24, 2.45) is 11.3 Å². The number of rotatable bonds is 3. The standard InChI is InChI=1S/C24H30N2O7/c1-23(2,3)32-22(30)25-12-8-16(9-13-25)24(10-14-31-15-11-24)21(29)33-26-19(27)17-6-4-5-7-18(17)20(26)28/h4-7,16H,8-15H2,1-3H3. The third-order valence-electron chi connectivity index (χ3n) is 6.65. The van der Waals surface area contributed by atoms with E-state index < -0.39 is 28.8 Å². The van der Waals surface area contributed by atoms with Gasteiger partial charge >= 0.3 is 12.1 Å². The smallest absolute Gasteiger partial charge is 0.410 e. The average molecular weight is 459 g/mol. The number of carbonyl (C=O) groups is 4. The Hall–Kier alpha value is -2.94. The second-order valence-electron chi connectivity index (χ2n) is 9.84. The van der Waals surface area contributed by atoms with Crippen molar-refractivity contribution in [3.63, 3.8) is 0 Å². The van der Waals surface area contributed by atoms with Crippen LogP contribution in [0, 0.1) is 11.3 Å². The van der Waals surface area contributed by atoms with Gasteiger partial charge in [0.05, 0.1) is 16.5 Å². The molecule has 3 amide bonds. The quantitative estimate of drug-likeness (QED) is 0.641. The van der Waals surface area contributed by atoms with Crippen LogP contribution in [0.25, 0.3) is 0 Å². The van der Waals surface area contributed by atoms with Gasteiger partial charge < -0.3 is 19.2 Å². The van der Waals surface area contributed by atoms with Crippen LogP contribution in [0.5, 0.6) is 0 Å². The number of amides is 3. The van der Waals surface area contributed by atoms with E-state index in [0.29, 0.717) is 57.0 Å². The number of imide groups is 1. The monoisotopic (exact) mass is 458 g/mol. The van der Waals surface area contributed by atoms with Gasteiger partial charge in [0, 0.05) is 26.3 Å². The minimum Gasteiger partial charge on any atom is -0.444 e. The number of hydrogen-bond donors (Lipinski definition) is 0. The third-order valence-corrected chi connectivity index (χ3v) is 6.65. The molecule has 3 aliphatic rings. The van der Waals surface area contributed by atoms with Crippen molar-refractivity contribution in [2.45, 2.75) is 52.1 Å². The van der Waals surface area contributed by atoms with Gasteiger partial charge in [-0.3, -0.25) is 9.59 Å². The summed E-state index contributed by atoms with van der Waals surface area (Å²) in [5.74, 6) is -1.92. The zero-order chi connectivity index (χ0) is 23.8. The molecule has 0 aromatic heterocycles. The first-order chi connectivity index (χ1) is 15.6. The van der Waals surface area contributed by atoms with E-state index in [0.717, 1.165) is 0 Å². The summed E-state index contributed by atoms with van der Waals surface area (Å²) in [7, 11) is 0. The summed E-state index contributed by atoms with van der Waals surface area (Å²) in [5, 5.41) is 0.583. The van der Waals surface area contributed by atoms with Crippen LogP contribution in [0.2, 0.25) is 0 Å². The Morgan fingerprint density at radius 1 is 1.00 bits per heavy atom. The molecule has 0 spiro atoms. The van der Waals surface area contributed by atoms with Crippen LogP contribution in [-0.2, 0) is 19.1 Å². The molecule has 178 valence electrons. The minimum atomic E-state index is -0.881. The van der Waals surface area contributed by atoms with Gasteiger partial charge in [0.2, 0.25) is 0 Å². The highest BCUT2D eigenvalue weighted by atomic mass is 16.7. The maximum Gasteiger partial charge on any atom is 0.410 e. The predicted molar refractivity (Wildman–Crippen MR) is 116 cm³/mol. The summed E-state index contributed by atoms with van der Waals surface area (Å²) in [6.07, 6.45) is 1.70. The normalized spacial score (nSPS) is 21.1. The van der Waals surface area contributed by atoms with E-state index >= 15 is 0 Å². The molecule has 0 bridgehead atoms. The summed E-state index contributed by atoms with van der Waals surface area (Å²) >= 11 is 0. The fourth-order valence-corrected chi connectivity index (χ4v) is 4.88. The van der Waals surface area contributed by atoms with Gasteiger partial charge in [-0.25, -0.2) is 9.59 Å². The second kappa shape index (κ2) is 8.78. The third kappa shape index (κ3) is 4.46. The number of benzene rings is 1. The molecule has 0 N–H and O–H groups in total. The fraction of sp³-hybridized carbons (Fsp3) is 0.583. The molecule has 1 aromatic carbocycles. The van der Waals surface area contributed by atoms with Crippen molar-refractivity contribution >= 4 is 23.9 Å². The Morgan fingerprint density at radius 2 is 1.55 bits per heavy atom. The molecule has 1 aromatic rings. The Morgan fingerprint density at radius 3 is 2.06 bits per heavy atom. The van der Waals surface area contributed by atoms with Gasteiger partial charge in [0.25, 0.3) is 11.8 Å². The summed E-state index contributed by atoms with van der Waals surface area (Å²) in [4.78, 5) is 58.4. The Balaban J connectivity index is 1.47. The lowest BCUT2D eigenvalue weighted by atomic mass is 9.66. The first-order valence-corrected chi connectivity index (χ1v) is 11.4. The molecule has 9 heteroatoms. The van der Waals surface area contributed by atoms with E-state index in [1.54, 1.807) is 29.2 Å². The first kappa shape index (κ1) is 23.2. The fourth-order valence-electron chi connectivity index (χ4n) is 4.88. The number of carbonyl (C=O) groups excluding carboxylic acids is 4. The van der Waals surface area contributed by atoms with Crippen molar-refractivity contribution in [2.75, 3.05) is 26.3 Å². The number of piperidine rings is 1. The first-order valence-electron chi connectivity index (χ1n) is 11.4. The van der Waals surface area contributed by atoms with Gasteiger partial charge in [-0.2, -0.15) is 0 Å². The largest absolute Gasteiger partial charge is 0.444 e. The number of nitrogens with zero attached hydrogens (tertiary/aromatic N) is 2. The lowest BCUT2D eigenvalue weighted by molar-refractivity contribution is -0.193. The summed E-state index contributed by atoms with van der Waals surface area (Å²) < 4.78 is 11.0. The van der Waals surface area contributed by atoms with Crippen LogP contribution in [0.1, 0.15) is 67.2 Å². The molecular weight excluding hydrogens is 428 g/mol. The molecule has 9 nitrogen and oxygen atoms in total. The minimum absolute atomic E-state index is 0.0669. The molecular formula is C24H30N2O7. The molecule has 2 saturated heterocycles. The van der Waals surface area contributed by atoms with Crippen molar-refractivity contribution in [3.05, 3.63) is 35.4 Å². The van der Waals surface area contributed by atoms with Crippen molar-refractivity contribution in [1.29, 1.82) is 0 Å². The van der Waals surface area contributed by atoms with E-state index in [9.17, 15) is 19.2 Å². The van der Waals surface area contributed by atoms with Crippen LogP contribution in [-0.4, -0.2) is 65.7 Å². The van der Waals surface area contributed by atoms with E-state index in [-0.39, 0.29) is 23.1 Å². The van der Waals surface area contributed by atoms with E-state index in [1.807, 2.05) is 20.8 Å². The summed E-state index contributed by atoms with van der Waals surface area (Å²) in [6.45, 7) is 7.18. The van der Waals surface area contributed by atoms with Crippen molar-refractivity contribution in [1.82, 2.24) is 9.96 Å². The predicted octanol–water partition coefficient (Wildman–Crippen LogP) is 3.18. The number of hydroxylamine groups is 2. The van der Waals surface area contributed by atoms with Gasteiger partial charge in [0.15, 0.2) is 0 Å². The van der Waals surface area contributed by atoms with E-state index in [4.69, 9.17) is 14.3 Å². The summed E-state index contributed by atoms with van der Waals surface area (Å²) in [6, 6.07) is 6.40. The molecule has 0 saturated carbocycles. The number of likely N-dealkylation sites (tertiary alicyclic amines) is 1. The number of hydrogen-bond acceptors (Lipinski definition) is 7. The van der Waals surface area contributed by atoms with Crippen LogP contribution in [0.15, 0.2) is 24.3 Å². The molecule has 0 aliphatic carbocycles. The highest BCUT2D eigenvalue weighted by Gasteiger charge is 2.51. The Bertz CT molecular complexity index is 919. The SMILES string of the molecule is CC(C)(C)OC(=O)N1CCC(C2(C(=O)ON3C(=O)c4ccccc4C3=O)CCOCC2)CC1. The van der Waals surface area contributed by atoms with Crippen LogP contribution < -0.4 is 0 Å². The summed E-state index contributed by atoms with van der Waals surface area (Å²) in [5.41, 5.74) is -1.01. The van der Waals surface area contributed by atoms with Gasteiger partial charge in [-0.15, -0.1) is 0 Å². The Kier molecular flexibility index (Phi) is 6.18. The lowest BCUT2D eigenvalue weighted by Gasteiger charge is -2.44. The highest BCUT2D eigenvalue weighted by molar-refractivity contribution is 6.20. The molecule has 0 atom stereocenters. The van der Waals surface area contributed by atoms with Crippen molar-refractivity contribution < 1.29 is 33.5 Å². The maximum atomic E-state index is 13.5. The topological polar surface area (TPSA) is 102 Å². The molecule has 33 heavy (non-hydrogen) atoms. The zero-order valence-corrected chi connectivity index (χ0v) is 19.3. The average Bonchev–Trinajstić information content (AvgIpc) is 3.03. The number of ether oxygens (including phenoxy) is 2. The zero-order valence-electron chi connectivity index (χ0n) is 19.3. The van der Waals surface area contributed by atoms with Gasteiger partial charge in [-0.1, -0.05) is 17.2 Å². The van der Waals surface area contributed by atoms with Crippen molar-refractivity contribution in [3.8, 4) is 0 Å². The lowest BCUT2D eigenvalue weighted by Crippen LogP contribution is -2.51. The molecule has 3 aliphatic heterocycles. The molecule has 3 heterocycles. The van der Waals surface area contributed by atoms with E-state index in [1.165, 1.54) is 0 Å². The van der Waals surface area contributed by atoms with Crippen LogP contribution >= 0.6 is 0 Å². The number of fused-ring (bicyclic) bond motifs is 1. The van der Waals surface area contributed by atoms with Crippen LogP contribution in [0.4, 0.5) is 4.79 Å². The van der Waals surface area contributed by atoms with Gasteiger partial charge in [0.1, 0.15) is 5.60 Å².